The highest BCUT2D eigenvalue weighted by atomic mass is 16.5. The maximum absolute atomic E-state index is 11.6. The molecule has 0 saturated carbocycles. The maximum atomic E-state index is 11.6. The number of nitrogens with one attached hydrogen (secondary N) is 2. The van der Waals surface area contributed by atoms with Crippen LogP contribution in [-0.2, 0) is 4.79 Å². The summed E-state index contributed by atoms with van der Waals surface area (Å²) in [6, 6.07) is 5.68. The molecule has 18 heavy (non-hydrogen) atoms. The second kappa shape index (κ2) is 7.01. The molecule has 0 unspecified atom stereocenters. The van der Waals surface area contributed by atoms with E-state index in [-0.39, 0.29) is 12.0 Å². The van der Waals surface area contributed by atoms with E-state index in [4.69, 9.17) is 4.74 Å². The molecule has 1 aromatic carbocycles. The number of ether oxygens (including phenoxy) is 1. The van der Waals surface area contributed by atoms with Crippen molar-refractivity contribution in [2.24, 2.45) is 0 Å². The van der Waals surface area contributed by atoms with Crippen molar-refractivity contribution in [3.05, 3.63) is 23.8 Å². The Hall–Kier alpha value is -1.55. The molecule has 1 rings (SSSR count). The van der Waals surface area contributed by atoms with Gasteiger partial charge in [0.1, 0.15) is 5.75 Å². The van der Waals surface area contributed by atoms with E-state index in [0.29, 0.717) is 13.0 Å². The van der Waals surface area contributed by atoms with Crippen molar-refractivity contribution >= 4 is 11.6 Å². The van der Waals surface area contributed by atoms with Crippen molar-refractivity contribution in [1.82, 2.24) is 5.32 Å². The Morgan fingerprint density at radius 2 is 2.11 bits per heavy atom. The lowest BCUT2D eigenvalue weighted by Gasteiger charge is -2.13. The van der Waals surface area contributed by atoms with Gasteiger partial charge in [0.25, 0.3) is 0 Å². The van der Waals surface area contributed by atoms with Gasteiger partial charge in [-0.3, -0.25) is 4.79 Å². The topological polar surface area (TPSA) is 50.4 Å². The summed E-state index contributed by atoms with van der Waals surface area (Å²) in [6.45, 7) is 6.64. The summed E-state index contributed by atoms with van der Waals surface area (Å²) in [7, 11) is 1.83. The highest BCUT2D eigenvalue weighted by Crippen LogP contribution is 2.22. The zero-order valence-corrected chi connectivity index (χ0v) is 11.5. The monoisotopic (exact) mass is 250 g/mol. The number of carbonyl (C=O) groups is 1. The Morgan fingerprint density at radius 1 is 1.39 bits per heavy atom. The van der Waals surface area contributed by atoms with E-state index in [1.165, 1.54) is 0 Å². The Bertz CT molecular complexity index is 403. The average Bonchev–Trinajstić information content (AvgIpc) is 2.29. The van der Waals surface area contributed by atoms with E-state index in [0.717, 1.165) is 17.0 Å². The van der Waals surface area contributed by atoms with Gasteiger partial charge in [-0.1, -0.05) is 0 Å². The minimum Gasteiger partial charge on any atom is -0.491 e. The number of aryl methyl sites for hydroxylation is 1. The van der Waals surface area contributed by atoms with Crippen LogP contribution in [0.4, 0.5) is 5.69 Å². The lowest BCUT2D eigenvalue weighted by Crippen LogP contribution is -2.18. The molecular formula is C14H22N2O2. The normalized spacial score (nSPS) is 10.5. The molecule has 0 saturated heterocycles. The fourth-order valence-corrected chi connectivity index (χ4v) is 1.58. The third-order valence-corrected chi connectivity index (χ3v) is 2.42. The van der Waals surface area contributed by atoms with Gasteiger partial charge in [0.15, 0.2) is 0 Å². The number of anilines is 1. The molecule has 0 aliphatic rings. The van der Waals surface area contributed by atoms with E-state index < -0.39 is 0 Å². The molecule has 4 nitrogen and oxygen atoms in total. The van der Waals surface area contributed by atoms with Crippen molar-refractivity contribution in [1.29, 1.82) is 0 Å². The molecule has 0 aliphatic heterocycles. The van der Waals surface area contributed by atoms with Crippen LogP contribution in [0.15, 0.2) is 18.2 Å². The van der Waals surface area contributed by atoms with Crippen molar-refractivity contribution in [3.63, 3.8) is 0 Å². The lowest BCUT2D eigenvalue weighted by atomic mass is 10.2. The van der Waals surface area contributed by atoms with Crippen LogP contribution in [0.5, 0.6) is 5.75 Å². The zero-order chi connectivity index (χ0) is 13.5. The van der Waals surface area contributed by atoms with Gasteiger partial charge >= 0.3 is 0 Å². The molecule has 4 heteroatoms. The number of rotatable bonds is 6. The molecular weight excluding hydrogens is 228 g/mol. The fourth-order valence-electron chi connectivity index (χ4n) is 1.58. The zero-order valence-electron chi connectivity index (χ0n) is 11.5. The SMILES string of the molecule is CNCCC(=O)Nc1ccc(OC(C)C)c(C)c1. The van der Waals surface area contributed by atoms with Crippen molar-refractivity contribution in [2.75, 3.05) is 18.9 Å². The molecule has 0 spiro atoms. The van der Waals surface area contributed by atoms with Crippen LogP contribution in [0.25, 0.3) is 0 Å². The van der Waals surface area contributed by atoms with Gasteiger partial charge in [0.05, 0.1) is 6.10 Å². The van der Waals surface area contributed by atoms with E-state index in [2.05, 4.69) is 10.6 Å². The molecule has 0 aliphatic carbocycles. The van der Waals surface area contributed by atoms with Crippen LogP contribution < -0.4 is 15.4 Å². The quantitative estimate of drug-likeness (QED) is 0.814. The Morgan fingerprint density at radius 3 is 2.67 bits per heavy atom. The second-order valence-corrected chi connectivity index (χ2v) is 4.55. The van der Waals surface area contributed by atoms with E-state index >= 15 is 0 Å². The first-order valence-corrected chi connectivity index (χ1v) is 6.24. The Kier molecular flexibility index (Phi) is 5.65. The number of hydrogen-bond donors (Lipinski definition) is 2. The first-order chi connectivity index (χ1) is 8.52. The highest BCUT2D eigenvalue weighted by molar-refractivity contribution is 5.91. The maximum Gasteiger partial charge on any atom is 0.225 e. The van der Waals surface area contributed by atoms with Crippen molar-refractivity contribution in [2.45, 2.75) is 33.3 Å². The van der Waals surface area contributed by atoms with Crippen LogP contribution in [0.1, 0.15) is 25.8 Å². The predicted octanol–water partition coefficient (Wildman–Crippen LogP) is 2.33. The fraction of sp³-hybridized carbons (Fsp3) is 0.500. The molecule has 0 fully saturated rings. The van der Waals surface area contributed by atoms with Gasteiger partial charge in [-0.15, -0.1) is 0 Å². The van der Waals surface area contributed by atoms with E-state index in [1.807, 2.05) is 46.0 Å². The van der Waals surface area contributed by atoms with Crippen LogP contribution >= 0.6 is 0 Å². The van der Waals surface area contributed by atoms with Gasteiger partial charge in [0, 0.05) is 18.7 Å². The second-order valence-electron chi connectivity index (χ2n) is 4.55. The molecule has 0 radical (unpaired) electrons. The highest BCUT2D eigenvalue weighted by Gasteiger charge is 2.05. The van der Waals surface area contributed by atoms with Crippen molar-refractivity contribution < 1.29 is 9.53 Å². The van der Waals surface area contributed by atoms with Gasteiger partial charge in [-0.05, 0) is 51.6 Å². The lowest BCUT2D eigenvalue weighted by molar-refractivity contribution is -0.116. The summed E-state index contributed by atoms with van der Waals surface area (Å²) in [5, 5.41) is 5.81. The summed E-state index contributed by atoms with van der Waals surface area (Å²) >= 11 is 0. The third-order valence-electron chi connectivity index (χ3n) is 2.42. The molecule has 2 N–H and O–H groups in total. The van der Waals surface area contributed by atoms with Crippen molar-refractivity contribution in [3.8, 4) is 5.75 Å². The first-order valence-electron chi connectivity index (χ1n) is 6.24. The molecule has 1 amide bonds. The Labute approximate surface area is 109 Å². The average molecular weight is 250 g/mol. The van der Waals surface area contributed by atoms with Crippen LogP contribution in [0.3, 0.4) is 0 Å². The Balaban J connectivity index is 2.63. The molecule has 100 valence electrons. The number of hydrogen-bond acceptors (Lipinski definition) is 3. The standard InChI is InChI=1S/C14H22N2O2/c1-10(2)18-13-6-5-12(9-11(13)3)16-14(17)7-8-15-4/h5-6,9-10,15H,7-8H2,1-4H3,(H,16,17). The number of carbonyl (C=O) groups excluding carboxylic acids is 1. The third kappa shape index (κ3) is 4.75. The summed E-state index contributed by atoms with van der Waals surface area (Å²) in [5.74, 6) is 0.875. The van der Waals surface area contributed by atoms with Gasteiger partial charge in [-0.25, -0.2) is 0 Å². The van der Waals surface area contributed by atoms with Gasteiger partial charge in [0.2, 0.25) is 5.91 Å². The van der Waals surface area contributed by atoms with Crippen LogP contribution in [0.2, 0.25) is 0 Å². The van der Waals surface area contributed by atoms with Gasteiger partial charge < -0.3 is 15.4 Å². The minimum absolute atomic E-state index is 0.0151. The van der Waals surface area contributed by atoms with Gasteiger partial charge in [-0.2, -0.15) is 0 Å². The number of amides is 1. The molecule has 0 heterocycles. The first kappa shape index (κ1) is 14.5. The van der Waals surface area contributed by atoms with E-state index in [1.54, 1.807) is 0 Å². The minimum atomic E-state index is 0.0151. The molecule has 1 aromatic rings. The molecule has 0 atom stereocenters. The molecule has 0 aromatic heterocycles. The molecule has 0 bridgehead atoms. The number of benzene rings is 1. The smallest absolute Gasteiger partial charge is 0.225 e. The predicted molar refractivity (Wildman–Crippen MR) is 74.1 cm³/mol. The summed E-state index contributed by atoms with van der Waals surface area (Å²) < 4.78 is 5.65. The largest absolute Gasteiger partial charge is 0.491 e. The van der Waals surface area contributed by atoms with Crippen LogP contribution in [-0.4, -0.2) is 25.6 Å². The van der Waals surface area contributed by atoms with Crippen LogP contribution in [0, 0.1) is 6.92 Å². The van der Waals surface area contributed by atoms with E-state index in [9.17, 15) is 4.79 Å². The summed E-state index contributed by atoms with van der Waals surface area (Å²) in [6.07, 6.45) is 0.625. The summed E-state index contributed by atoms with van der Waals surface area (Å²) in [4.78, 5) is 11.6. The summed E-state index contributed by atoms with van der Waals surface area (Å²) in [5.41, 5.74) is 1.83.